The van der Waals surface area contributed by atoms with Crippen LogP contribution in [-0.4, -0.2) is 20.4 Å². The highest BCUT2D eigenvalue weighted by molar-refractivity contribution is 7.05. The van der Waals surface area contributed by atoms with Crippen LogP contribution < -0.4 is 0 Å². The molecule has 0 saturated heterocycles. The molecule has 5 heteroatoms. The minimum absolute atomic E-state index is 0.256. The Labute approximate surface area is 93.5 Å². The van der Waals surface area contributed by atoms with E-state index in [9.17, 15) is 4.79 Å². The van der Waals surface area contributed by atoms with Gasteiger partial charge in [-0.15, -0.1) is 0 Å². The average molecular weight is 228 g/mol. The normalized spacial score (nSPS) is 13.1. The first-order chi connectivity index (χ1) is 7.06. The molecule has 1 unspecified atom stereocenters. The van der Waals surface area contributed by atoms with Crippen LogP contribution in [0.25, 0.3) is 0 Å². The van der Waals surface area contributed by atoms with E-state index >= 15 is 0 Å². The Morgan fingerprint density at radius 3 is 2.60 bits per heavy atom. The molecule has 0 aliphatic carbocycles. The number of carboxylic acid groups (broad SMARTS) is 1. The molecule has 15 heavy (non-hydrogen) atoms. The molecule has 1 aromatic rings. The number of rotatable bonds is 5. The fourth-order valence-electron chi connectivity index (χ4n) is 1.26. The molecule has 0 bridgehead atoms. The maximum atomic E-state index is 11.0. The Morgan fingerprint density at radius 2 is 2.20 bits per heavy atom. The summed E-state index contributed by atoms with van der Waals surface area (Å²) in [6, 6.07) is 0. The van der Waals surface area contributed by atoms with Gasteiger partial charge in [-0.05, 0) is 18.0 Å². The Balaban J connectivity index is 2.86. The third kappa shape index (κ3) is 2.99. The van der Waals surface area contributed by atoms with E-state index in [4.69, 9.17) is 5.11 Å². The van der Waals surface area contributed by atoms with Crippen molar-refractivity contribution in [3.8, 4) is 0 Å². The van der Waals surface area contributed by atoms with Crippen LogP contribution in [0.4, 0.5) is 0 Å². The molecule has 0 saturated carbocycles. The molecule has 0 amide bonds. The predicted molar refractivity (Wildman–Crippen MR) is 59.3 cm³/mol. The average Bonchev–Trinajstić information content (AvgIpc) is 2.62. The zero-order valence-electron chi connectivity index (χ0n) is 9.23. The van der Waals surface area contributed by atoms with Crippen LogP contribution in [0.2, 0.25) is 0 Å². The van der Waals surface area contributed by atoms with Crippen molar-refractivity contribution in [2.24, 2.45) is 0 Å². The molecule has 0 spiro atoms. The minimum Gasteiger partial charge on any atom is -0.481 e. The summed E-state index contributed by atoms with van der Waals surface area (Å²) in [4.78, 5) is 15.3. The van der Waals surface area contributed by atoms with Crippen molar-refractivity contribution in [1.82, 2.24) is 9.36 Å². The highest BCUT2D eigenvalue weighted by Crippen LogP contribution is 2.25. The number of carbonyl (C=O) groups is 1. The molecule has 0 radical (unpaired) electrons. The number of hydrogen-bond acceptors (Lipinski definition) is 4. The molecule has 1 N–H and O–H groups in total. The minimum atomic E-state index is -0.802. The van der Waals surface area contributed by atoms with E-state index in [1.54, 1.807) is 0 Å². The lowest BCUT2D eigenvalue weighted by Gasteiger charge is -2.06. The molecule has 0 aliphatic rings. The van der Waals surface area contributed by atoms with Crippen LogP contribution in [0, 0.1) is 0 Å². The van der Waals surface area contributed by atoms with Gasteiger partial charge in [-0.3, -0.25) is 4.79 Å². The van der Waals surface area contributed by atoms with E-state index in [1.807, 2.05) is 20.8 Å². The molecule has 1 atom stereocenters. The molecular weight excluding hydrogens is 212 g/mol. The van der Waals surface area contributed by atoms with Crippen LogP contribution in [0.5, 0.6) is 0 Å². The van der Waals surface area contributed by atoms with Crippen LogP contribution in [0.15, 0.2) is 0 Å². The molecule has 0 aliphatic heterocycles. The number of hydrogen-bond donors (Lipinski definition) is 1. The number of nitrogens with zero attached hydrogens (tertiary/aromatic N) is 2. The first-order valence-corrected chi connectivity index (χ1v) is 5.89. The van der Waals surface area contributed by atoms with Gasteiger partial charge in [0.05, 0.1) is 0 Å². The van der Waals surface area contributed by atoms with Crippen LogP contribution >= 0.6 is 11.5 Å². The third-order valence-corrected chi connectivity index (χ3v) is 2.99. The maximum Gasteiger partial charge on any atom is 0.313 e. The van der Waals surface area contributed by atoms with Gasteiger partial charge in [0, 0.05) is 5.92 Å². The topological polar surface area (TPSA) is 63.1 Å². The van der Waals surface area contributed by atoms with Gasteiger partial charge in [-0.2, -0.15) is 4.37 Å². The molecule has 4 nitrogen and oxygen atoms in total. The molecule has 0 fully saturated rings. The van der Waals surface area contributed by atoms with Crippen molar-refractivity contribution in [3.05, 3.63) is 10.8 Å². The van der Waals surface area contributed by atoms with Crippen LogP contribution in [0.1, 0.15) is 56.3 Å². The summed E-state index contributed by atoms with van der Waals surface area (Å²) in [5, 5.41) is 9.68. The highest BCUT2D eigenvalue weighted by atomic mass is 32.1. The monoisotopic (exact) mass is 228 g/mol. The lowest BCUT2D eigenvalue weighted by Crippen LogP contribution is -2.11. The maximum absolute atomic E-state index is 11.0. The number of carboxylic acids is 1. The smallest absolute Gasteiger partial charge is 0.313 e. The van der Waals surface area contributed by atoms with Crippen molar-refractivity contribution in [2.75, 3.05) is 0 Å². The second-order valence-corrected chi connectivity index (χ2v) is 4.61. The summed E-state index contributed by atoms with van der Waals surface area (Å²) < 4.78 is 4.17. The molecule has 1 aromatic heterocycles. The Hall–Kier alpha value is -0.970. The molecule has 1 rings (SSSR count). The second kappa shape index (κ2) is 5.21. The Bertz CT molecular complexity index is 336. The zero-order valence-corrected chi connectivity index (χ0v) is 10.0. The van der Waals surface area contributed by atoms with Crippen molar-refractivity contribution < 1.29 is 9.90 Å². The van der Waals surface area contributed by atoms with Crippen molar-refractivity contribution in [1.29, 1.82) is 0 Å². The lowest BCUT2D eigenvalue weighted by atomic mass is 10.1. The summed E-state index contributed by atoms with van der Waals surface area (Å²) in [5.41, 5.74) is 0. The summed E-state index contributed by atoms with van der Waals surface area (Å²) in [7, 11) is 0. The van der Waals surface area contributed by atoms with Gasteiger partial charge in [0.15, 0.2) is 0 Å². The largest absolute Gasteiger partial charge is 0.481 e. The zero-order chi connectivity index (χ0) is 11.4. The summed E-state index contributed by atoms with van der Waals surface area (Å²) >= 11 is 1.21. The Morgan fingerprint density at radius 1 is 1.53 bits per heavy atom. The number of aromatic nitrogens is 2. The van der Waals surface area contributed by atoms with Gasteiger partial charge < -0.3 is 5.11 Å². The summed E-state index contributed by atoms with van der Waals surface area (Å²) in [6.07, 6.45) is 1.47. The molecule has 1 heterocycles. The molecule has 84 valence electrons. The van der Waals surface area contributed by atoms with Crippen molar-refractivity contribution >= 4 is 17.5 Å². The van der Waals surface area contributed by atoms with Crippen molar-refractivity contribution in [2.45, 2.75) is 45.4 Å². The van der Waals surface area contributed by atoms with E-state index in [0.29, 0.717) is 11.4 Å². The van der Waals surface area contributed by atoms with Gasteiger partial charge in [-0.1, -0.05) is 27.2 Å². The van der Waals surface area contributed by atoms with Crippen molar-refractivity contribution in [3.63, 3.8) is 0 Å². The highest BCUT2D eigenvalue weighted by Gasteiger charge is 2.23. The molecular formula is C10H16N2O2S. The fourth-order valence-corrected chi connectivity index (χ4v) is 2.18. The van der Waals surface area contributed by atoms with Gasteiger partial charge in [0.25, 0.3) is 0 Å². The Kier molecular flexibility index (Phi) is 4.20. The SMILES string of the molecule is CCCC(C(=O)O)c1nc(C(C)C)ns1. The fraction of sp³-hybridized carbons (Fsp3) is 0.700. The summed E-state index contributed by atoms with van der Waals surface area (Å²) in [5.74, 6) is -0.285. The van der Waals surface area contributed by atoms with Crippen LogP contribution in [0.3, 0.4) is 0 Å². The van der Waals surface area contributed by atoms with E-state index in [2.05, 4.69) is 9.36 Å². The first-order valence-electron chi connectivity index (χ1n) is 5.12. The van der Waals surface area contributed by atoms with Gasteiger partial charge in [-0.25, -0.2) is 4.98 Å². The van der Waals surface area contributed by atoms with E-state index in [0.717, 1.165) is 12.2 Å². The molecule has 0 aromatic carbocycles. The van der Waals surface area contributed by atoms with Gasteiger partial charge in [0.1, 0.15) is 16.7 Å². The number of aliphatic carboxylic acids is 1. The second-order valence-electron chi connectivity index (χ2n) is 3.83. The summed E-state index contributed by atoms with van der Waals surface area (Å²) in [6.45, 7) is 5.98. The quantitative estimate of drug-likeness (QED) is 0.841. The van der Waals surface area contributed by atoms with Gasteiger partial charge in [0.2, 0.25) is 0 Å². The van der Waals surface area contributed by atoms with E-state index < -0.39 is 11.9 Å². The standard InChI is InChI=1S/C10H16N2O2S/c1-4-5-7(10(13)14)9-11-8(6(2)3)12-15-9/h6-7H,4-5H2,1-3H3,(H,13,14). The third-order valence-electron chi connectivity index (χ3n) is 2.15. The predicted octanol–water partition coefficient (Wildman–Crippen LogP) is 2.63. The van der Waals surface area contributed by atoms with E-state index in [1.165, 1.54) is 11.5 Å². The lowest BCUT2D eigenvalue weighted by molar-refractivity contribution is -0.139. The van der Waals surface area contributed by atoms with Gasteiger partial charge >= 0.3 is 5.97 Å². The first kappa shape index (κ1) is 12.1. The van der Waals surface area contributed by atoms with E-state index in [-0.39, 0.29) is 5.92 Å². The van der Waals surface area contributed by atoms with Crippen LogP contribution in [-0.2, 0) is 4.79 Å².